The molecule has 5 nitrogen and oxygen atoms in total. The number of para-hydroxylation sites is 1. The lowest BCUT2D eigenvalue weighted by Crippen LogP contribution is -2.30. The lowest BCUT2D eigenvalue weighted by Gasteiger charge is -2.26. The molecule has 4 rings (SSSR count). The standard InChI is InChI=1S/C21H15NO4S/c23-15-9-4-6-13(12-15)18-17(19(24)16-10-5-11-27-16)20(25)21(26)22(18)14-7-2-1-3-8-14/h1-12,18,23,25H. The van der Waals surface area contributed by atoms with Crippen LogP contribution < -0.4 is 4.90 Å². The third kappa shape index (κ3) is 2.90. The van der Waals surface area contributed by atoms with Crippen molar-refractivity contribution < 1.29 is 19.8 Å². The first-order valence-corrected chi connectivity index (χ1v) is 9.15. The monoisotopic (exact) mass is 377 g/mol. The van der Waals surface area contributed by atoms with Crippen LogP contribution in [0.4, 0.5) is 5.69 Å². The van der Waals surface area contributed by atoms with Gasteiger partial charge in [0, 0.05) is 5.69 Å². The van der Waals surface area contributed by atoms with E-state index in [2.05, 4.69) is 0 Å². The highest BCUT2D eigenvalue weighted by molar-refractivity contribution is 7.12. The van der Waals surface area contributed by atoms with E-state index in [1.807, 2.05) is 6.07 Å². The Bertz CT molecular complexity index is 1040. The first-order valence-electron chi connectivity index (χ1n) is 8.27. The number of Topliss-reactive ketones (excluding diaryl/α,β-unsaturated/α-hetero) is 1. The number of carbonyl (C=O) groups excluding carboxylic acids is 2. The maximum atomic E-state index is 13.1. The zero-order chi connectivity index (χ0) is 19.0. The normalized spacial score (nSPS) is 16.8. The topological polar surface area (TPSA) is 77.8 Å². The van der Waals surface area contributed by atoms with Gasteiger partial charge in [-0.2, -0.15) is 0 Å². The number of benzene rings is 2. The second-order valence-electron chi connectivity index (χ2n) is 6.08. The fraction of sp³-hybridized carbons (Fsp3) is 0.0476. The van der Waals surface area contributed by atoms with Crippen LogP contribution >= 0.6 is 11.3 Å². The molecule has 2 heterocycles. The smallest absolute Gasteiger partial charge is 0.294 e. The summed E-state index contributed by atoms with van der Waals surface area (Å²) in [4.78, 5) is 27.7. The Morgan fingerprint density at radius 3 is 2.41 bits per heavy atom. The lowest BCUT2D eigenvalue weighted by atomic mass is 9.95. The Balaban J connectivity index is 1.90. The minimum absolute atomic E-state index is 0.0110. The van der Waals surface area contributed by atoms with Gasteiger partial charge in [-0.25, -0.2) is 0 Å². The van der Waals surface area contributed by atoms with E-state index in [1.165, 1.54) is 28.4 Å². The Labute approximate surface area is 159 Å². The molecular weight excluding hydrogens is 362 g/mol. The molecule has 27 heavy (non-hydrogen) atoms. The number of phenols is 1. The molecule has 1 unspecified atom stereocenters. The van der Waals surface area contributed by atoms with Gasteiger partial charge in [-0.1, -0.05) is 36.4 Å². The number of ketones is 1. The molecule has 0 aliphatic carbocycles. The molecule has 1 aromatic heterocycles. The Hall–Kier alpha value is -3.38. The van der Waals surface area contributed by atoms with Gasteiger partial charge in [0.2, 0.25) is 5.78 Å². The molecule has 3 aromatic rings. The quantitative estimate of drug-likeness (QED) is 0.667. The average molecular weight is 377 g/mol. The van der Waals surface area contributed by atoms with Crippen LogP contribution in [0.3, 0.4) is 0 Å². The lowest BCUT2D eigenvalue weighted by molar-refractivity contribution is -0.117. The number of amides is 1. The SMILES string of the molecule is O=C(C1=C(O)C(=O)N(c2ccccc2)C1c1cccc(O)c1)c1cccs1. The van der Waals surface area contributed by atoms with Crippen molar-refractivity contribution in [2.75, 3.05) is 4.90 Å². The van der Waals surface area contributed by atoms with Crippen LogP contribution in [0, 0.1) is 0 Å². The van der Waals surface area contributed by atoms with Gasteiger partial charge in [-0.05, 0) is 41.3 Å². The van der Waals surface area contributed by atoms with Crippen molar-refractivity contribution in [1.82, 2.24) is 0 Å². The van der Waals surface area contributed by atoms with Crippen molar-refractivity contribution in [2.24, 2.45) is 0 Å². The summed E-state index contributed by atoms with van der Waals surface area (Å²) in [5.74, 6) is -1.59. The number of anilines is 1. The summed E-state index contributed by atoms with van der Waals surface area (Å²) in [7, 11) is 0. The molecule has 6 heteroatoms. The van der Waals surface area contributed by atoms with Gasteiger partial charge in [0.05, 0.1) is 16.5 Å². The molecule has 1 aliphatic rings. The van der Waals surface area contributed by atoms with Crippen LogP contribution in [0.1, 0.15) is 21.3 Å². The van der Waals surface area contributed by atoms with E-state index in [0.717, 1.165) is 0 Å². The number of phenolic OH excluding ortho intramolecular Hbond substituents is 1. The fourth-order valence-corrected chi connectivity index (χ4v) is 3.92. The summed E-state index contributed by atoms with van der Waals surface area (Å²) < 4.78 is 0. The number of aliphatic hydroxyl groups excluding tert-OH is 1. The number of nitrogens with zero attached hydrogens (tertiary/aromatic N) is 1. The molecule has 2 aromatic carbocycles. The Kier molecular flexibility index (Phi) is 4.25. The minimum Gasteiger partial charge on any atom is -0.508 e. The summed E-state index contributed by atoms with van der Waals surface area (Å²) in [5, 5.41) is 22.2. The predicted octanol–water partition coefficient (Wildman–Crippen LogP) is 4.24. The first kappa shape index (κ1) is 17.1. The molecule has 2 N–H and O–H groups in total. The van der Waals surface area contributed by atoms with E-state index >= 15 is 0 Å². The number of aromatic hydroxyl groups is 1. The van der Waals surface area contributed by atoms with Gasteiger partial charge in [0.15, 0.2) is 5.76 Å². The summed E-state index contributed by atoms with van der Waals surface area (Å²) in [6.07, 6.45) is 0. The Morgan fingerprint density at radius 1 is 0.963 bits per heavy atom. The maximum Gasteiger partial charge on any atom is 0.294 e. The highest BCUT2D eigenvalue weighted by atomic mass is 32.1. The van der Waals surface area contributed by atoms with Crippen LogP contribution in [-0.4, -0.2) is 21.9 Å². The van der Waals surface area contributed by atoms with Crippen LogP contribution in [0.15, 0.2) is 83.4 Å². The zero-order valence-electron chi connectivity index (χ0n) is 14.1. The second-order valence-corrected chi connectivity index (χ2v) is 7.02. The van der Waals surface area contributed by atoms with Crippen molar-refractivity contribution in [1.29, 1.82) is 0 Å². The molecule has 0 bridgehead atoms. The van der Waals surface area contributed by atoms with Gasteiger partial charge in [-0.3, -0.25) is 14.5 Å². The summed E-state index contributed by atoms with van der Waals surface area (Å²) in [6, 6.07) is 17.8. The third-order valence-electron chi connectivity index (χ3n) is 4.42. The molecule has 1 atom stereocenters. The first-order chi connectivity index (χ1) is 13.1. The van der Waals surface area contributed by atoms with Gasteiger partial charge < -0.3 is 10.2 Å². The van der Waals surface area contributed by atoms with Crippen LogP contribution in [0.5, 0.6) is 5.75 Å². The fourth-order valence-electron chi connectivity index (χ4n) is 3.24. The second kappa shape index (κ2) is 6.74. The van der Waals surface area contributed by atoms with E-state index in [4.69, 9.17) is 0 Å². The molecule has 0 spiro atoms. The highest BCUT2D eigenvalue weighted by Gasteiger charge is 2.44. The Morgan fingerprint density at radius 2 is 1.74 bits per heavy atom. The van der Waals surface area contributed by atoms with Crippen molar-refractivity contribution >= 4 is 28.7 Å². The van der Waals surface area contributed by atoms with Crippen molar-refractivity contribution in [3.05, 3.63) is 93.9 Å². The summed E-state index contributed by atoms with van der Waals surface area (Å²) in [5.41, 5.74) is 1.10. The van der Waals surface area contributed by atoms with Crippen LogP contribution in [0.25, 0.3) is 0 Å². The molecule has 0 radical (unpaired) electrons. The van der Waals surface area contributed by atoms with Crippen molar-refractivity contribution in [3.63, 3.8) is 0 Å². The number of thiophene rings is 1. The largest absolute Gasteiger partial charge is 0.508 e. The minimum atomic E-state index is -0.832. The van der Waals surface area contributed by atoms with E-state index < -0.39 is 23.5 Å². The summed E-state index contributed by atoms with van der Waals surface area (Å²) >= 11 is 1.24. The number of hydrogen-bond donors (Lipinski definition) is 2. The number of carbonyl (C=O) groups is 2. The van der Waals surface area contributed by atoms with Crippen LogP contribution in [-0.2, 0) is 4.79 Å². The molecule has 1 aliphatic heterocycles. The van der Waals surface area contributed by atoms with Crippen molar-refractivity contribution in [2.45, 2.75) is 6.04 Å². The third-order valence-corrected chi connectivity index (χ3v) is 5.29. The number of aliphatic hydroxyl groups is 1. The van der Waals surface area contributed by atoms with Crippen LogP contribution in [0.2, 0.25) is 0 Å². The molecular formula is C21H15NO4S. The average Bonchev–Trinajstić information content (AvgIpc) is 3.30. The van der Waals surface area contributed by atoms with Gasteiger partial charge in [0.1, 0.15) is 5.75 Å². The molecule has 0 saturated carbocycles. The number of rotatable bonds is 4. The molecule has 134 valence electrons. The molecule has 0 fully saturated rings. The number of hydrogen-bond acceptors (Lipinski definition) is 5. The van der Waals surface area contributed by atoms with Gasteiger partial charge in [-0.15, -0.1) is 11.3 Å². The zero-order valence-corrected chi connectivity index (χ0v) is 14.9. The highest BCUT2D eigenvalue weighted by Crippen LogP contribution is 2.42. The molecule has 0 saturated heterocycles. The predicted molar refractivity (Wildman–Crippen MR) is 103 cm³/mol. The van der Waals surface area contributed by atoms with Crippen molar-refractivity contribution in [3.8, 4) is 5.75 Å². The van der Waals surface area contributed by atoms with Gasteiger partial charge >= 0.3 is 0 Å². The van der Waals surface area contributed by atoms with E-state index in [9.17, 15) is 19.8 Å². The van der Waals surface area contributed by atoms with Gasteiger partial charge in [0.25, 0.3) is 5.91 Å². The maximum absolute atomic E-state index is 13.1. The summed E-state index contributed by atoms with van der Waals surface area (Å²) in [6.45, 7) is 0. The van der Waals surface area contributed by atoms with E-state index in [1.54, 1.807) is 53.9 Å². The van der Waals surface area contributed by atoms with E-state index in [-0.39, 0.29) is 11.3 Å². The van der Waals surface area contributed by atoms with E-state index in [0.29, 0.717) is 16.1 Å². The molecule has 1 amide bonds.